The summed E-state index contributed by atoms with van der Waals surface area (Å²) in [5.41, 5.74) is 6.24. The lowest BCUT2D eigenvalue weighted by atomic mass is 9.55. The molecule has 2 bridgehead atoms. The summed E-state index contributed by atoms with van der Waals surface area (Å²) < 4.78 is 0. The van der Waals surface area contributed by atoms with Crippen molar-refractivity contribution in [2.75, 3.05) is 18.4 Å². The molecule has 21 heavy (non-hydrogen) atoms. The van der Waals surface area contributed by atoms with Gasteiger partial charge in [0.2, 0.25) is 0 Å². The predicted octanol–water partition coefficient (Wildman–Crippen LogP) is 2.47. The van der Waals surface area contributed by atoms with E-state index in [0.29, 0.717) is 12.0 Å². The van der Waals surface area contributed by atoms with Gasteiger partial charge in [-0.1, -0.05) is 29.8 Å². The molecule has 1 aromatic rings. The Balaban J connectivity index is 1.80. The summed E-state index contributed by atoms with van der Waals surface area (Å²) in [5.74, 6) is 0.319. The number of carbonyl (C=O) groups is 1. The van der Waals surface area contributed by atoms with Gasteiger partial charge in [-0.2, -0.15) is 0 Å². The highest BCUT2D eigenvalue weighted by molar-refractivity contribution is 5.85. The molecule has 1 aromatic carbocycles. The Labute approximate surface area is 124 Å². The minimum absolute atomic E-state index is 0.0581. The van der Waals surface area contributed by atoms with Crippen LogP contribution in [0.5, 0.6) is 0 Å². The number of anilines is 1. The zero-order valence-corrected chi connectivity index (χ0v) is 12.1. The zero-order valence-electron chi connectivity index (χ0n) is 12.1. The number of hydrogen-bond donors (Lipinski definition) is 1. The molecule has 0 amide bonds. The number of allylic oxidation sites excluding steroid dienone is 2. The van der Waals surface area contributed by atoms with Crippen LogP contribution in [0.15, 0.2) is 47.2 Å². The number of rotatable bonds is 1. The Morgan fingerprint density at radius 2 is 2.24 bits per heavy atom. The molecular weight excluding hydrogens is 260 g/mol. The first kappa shape index (κ1) is 11.8. The zero-order chi connectivity index (χ0) is 14.2. The van der Waals surface area contributed by atoms with Crippen LogP contribution in [0.1, 0.15) is 18.9 Å². The van der Waals surface area contributed by atoms with Crippen molar-refractivity contribution in [1.29, 1.82) is 0 Å². The quantitative estimate of drug-likeness (QED) is 0.632. The average molecular weight is 278 g/mol. The van der Waals surface area contributed by atoms with E-state index in [2.05, 4.69) is 47.5 Å². The highest BCUT2D eigenvalue weighted by Gasteiger charge is 2.64. The lowest BCUT2D eigenvalue weighted by molar-refractivity contribution is -0.106. The van der Waals surface area contributed by atoms with Crippen molar-refractivity contribution in [2.45, 2.75) is 24.8 Å². The molecule has 1 spiro atoms. The topological polar surface area (TPSA) is 32.3 Å². The fourth-order valence-electron chi connectivity index (χ4n) is 5.11. The standard InChI is InChI=1S/C18H18N2O/c1-2-11-8-20-10-18-14-5-3-4-6-15(14)19-17(18)13(9-21)12(11)7-16(18)20/h2-6,9,12,16,19H,7-8,10H2,1H3/t12-,16-,18+/m0/s1. The van der Waals surface area contributed by atoms with Crippen LogP contribution in [-0.2, 0) is 10.2 Å². The van der Waals surface area contributed by atoms with E-state index in [-0.39, 0.29) is 5.41 Å². The summed E-state index contributed by atoms with van der Waals surface area (Å²) in [6.45, 7) is 4.17. The van der Waals surface area contributed by atoms with Crippen LogP contribution in [-0.4, -0.2) is 30.3 Å². The average Bonchev–Trinajstić information content (AvgIpc) is 2.83. The SMILES string of the molecule is CC=C1CN2C[C@]34C(=C(C=O)[C@H]1C[C@H]23)Nc1ccccc14. The van der Waals surface area contributed by atoms with E-state index in [4.69, 9.17) is 0 Å². The highest BCUT2D eigenvalue weighted by atomic mass is 16.1. The molecule has 106 valence electrons. The van der Waals surface area contributed by atoms with E-state index >= 15 is 0 Å². The van der Waals surface area contributed by atoms with Crippen molar-refractivity contribution in [3.8, 4) is 0 Å². The molecule has 1 N–H and O–H groups in total. The van der Waals surface area contributed by atoms with Crippen LogP contribution in [0.2, 0.25) is 0 Å². The number of para-hydroxylation sites is 1. The third-order valence-electron chi connectivity index (χ3n) is 6.03. The number of fused-ring (bicyclic) bond motifs is 2. The number of hydrogen-bond acceptors (Lipinski definition) is 3. The molecule has 0 radical (unpaired) electrons. The molecule has 5 rings (SSSR count). The lowest BCUT2D eigenvalue weighted by Crippen LogP contribution is -2.72. The van der Waals surface area contributed by atoms with Crippen molar-refractivity contribution >= 4 is 12.0 Å². The van der Waals surface area contributed by atoms with E-state index in [1.54, 1.807) is 0 Å². The summed E-state index contributed by atoms with van der Waals surface area (Å²) in [7, 11) is 0. The smallest absolute Gasteiger partial charge is 0.148 e. The van der Waals surface area contributed by atoms with Crippen LogP contribution in [0.4, 0.5) is 5.69 Å². The van der Waals surface area contributed by atoms with Gasteiger partial charge in [-0.05, 0) is 25.0 Å². The van der Waals surface area contributed by atoms with Crippen LogP contribution in [0.25, 0.3) is 0 Å². The van der Waals surface area contributed by atoms with Gasteiger partial charge in [0.05, 0.1) is 5.41 Å². The Hall–Kier alpha value is -1.87. The van der Waals surface area contributed by atoms with Crippen molar-refractivity contribution in [2.24, 2.45) is 5.92 Å². The summed E-state index contributed by atoms with van der Waals surface area (Å²) >= 11 is 0. The molecule has 0 unspecified atom stereocenters. The first-order valence-electron chi connectivity index (χ1n) is 7.75. The molecule has 2 fully saturated rings. The lowest BCUT2D eigenvalue weighted by Gasteiger charge is -2.63. The third-order valence-corrected chi connectivity index (χ3v) is 6.03. The first-order valence-corrected chi connectivity index (χ1v) is 7.75. The fraction of sp³-hybridized carbons (Fsp3) is 0.389. The normalized spacial score (nSPS) is 37.7. The van der Waals surface area contributed by atoms with E-state index in [9.17, 15) is 4.79 Å². The van der Waals surface area contributed by atoms with Crippen LogP contribution in [0.3, 0.4) is 0 Å². The number of nitrogens with zero attached hydrogens (tertiary/aromatic N) is 1. The number of carbonyl (C=O) groups excluding carboxylic acids is 1. The maximum absolute atomic E-state index is 11.8. The number of aldehydes is 1. The van der Waals surface area contributed by atoms with Gasteiger partial charge in [-0.25, -0.2) is 0 Å². The first-order chi connectivity index (χ1) is 10.3. The van der Waals surface area contributed by atoms with E-state index in [1.165, 1.54) is 22.5 Å². The predicted molar refractivity (Wildman–Crippen MR) is 82.1 cm³/mol. The molecule has 2 saturated heterocycles. The van der Waals surface area contributed by atoms with Gasteiger partial charge >= 0.3 is 0 Å². The number of benzene rings is 1. The van der Waals surface area contributed by atoms with Crippen molar-refractivity contribution in [1.82, 2.24) is 4.90 Å². The molecule has 3 heterocycles. The van der Waals surface area contributed by atoms with E-state index < -0.39 is 0 Å². The molecular formula is C18H18N2O. The van der Waals surface area contributed by atoms with Gasteiger partial charge in [0, 0.05) is 42.0 Å². The summed E-state index contributed by atoms with van der Waals surface area (Å²) in [4.78, 5) is 14.4. The second-order valence-electron chi connectivity index (χ2n) is 6.66. The molecule has 0 saturated carbocycles. The van der Waals surface area contributed by atoms with Crippen molar-refractivity contribution in [3.63, 3.8) is 0 Å². The van der Waals surface area contributed by atoms with E-state index in [1.807, 2.05) is 0 Å². The maximum atomic E-state index is 11.8. The van der Waals surface area contributed by atoms with Gasteiger partial charge in [0.15, 0.2) is 0 Å². The van der Waals surface area contributed by atoms with Crippen LogP contribution < -0.4 is 5.32 Å². The molecule has 3 heteroatoms. The van der Waals surface area contributed by atoms with Gasteiger partial charge < -0.3 is 5.32 Å². The molecule has 3 aliphatic heterocycles. The Kier molecular flexibility index (Phi) is 2.05. The second kappa shape index (κ2) is 3.66. The fourth-order valence-corrected chi connectivity index (χ4v) is 5.11. The van der Waals surface area contributed by atoms with Crippen LogP contribution >= 0.6 is 0 Å². The van der Waals surface area contributed by atoms with Gasteiger partial charge in [0.25, 0.3) is 0 Å². The largest absolute Gasteiger partial charge is 0.357 e. The minimum atomic E-state index is 0.0581. The van der Waals surface area contributed by atoms with Crippen molar-refractivity contribution in [3.05, 3.63) is 52.7 Å². The number of nitrogens with one attached hydrogen (secondary N) is 1. The van der Waals surface area contributed by atoms with Crippen LogP contribution in [0, 0.1) is 5.92 Å². The Morgan fingerprint density at radius 1 is 1.38 bits per heavy atom. The highest BCUT2D eigenvalue weighted by Crippen LogP contribution is 2.61. The van der Waals surface area contributed by atoms with Gasteiger partial charge in [-0.15, -0.1) is 0 Å². The molecule has 4 aliphatic rings. The number of piperidine rings is 1. The summed E-state index contributed by atoms with van der Waals surface area (Å²) in [6.07, 6.45) is 4.40. The van der Waals surface area contributed by atoms with Gasteiger partial charge in [-0.3, -0.25) is 9.69 Å². The minimum Gasteiger partial charge on any atom is -0.357 e. The summed E-state index contributed by atoms with van der Waals surface area (Å²) in [5, 5.41) is 3.58. The van der Waals surface area contributed by atoms with Gasteiger partial charge in [0.1, 0.15) is 6.29 Å². The monoisotopic (exact) mass is 278 g/mol. The second-order valence-corrected chi connectivity index (χ2v) is 6.66. The summed E-state index contributed by atoms with van der Waals surface area (Å²) in [6, 6.07) is 9.12. The van der Waals surface area contributed by atoms with E-state index in [0.717, 1.165) is 31.4 Å². The molecule has 0 aromatic heterocycles. The maximum Gasteiger partial charge on any atom is 0.148 e. The molecule has 1 aliphatic carbocycles. The van der Waals surface area contributed by atoms with Crippen molar-refractivity contribution < 1.29 is 4.79 Å². The third kappa shape index (κ3) is 1.15. The Bertz CT molecular complexity index is 732. The molecule has 3 nitrogen and oxygen atoms in total. The Morgan fingerprint density at radius 3 is 3.05 bits per heavy atom. The molecule has 3 atom stereocenters.